The Morgan fingerprint density at radius 1 is 1.62 bits per heavy atom. The molecule has 0 aliphatic carbocycles. The lowest BCUT2D eigenvalue weighted by molar-refractivity contribution is 0.0315. The topological polar surface area (TPSA) is 75.6 Å². The molecule has 1 unspecified atom stereocenters. The number of sulfonamides is 1. The van der Waals surface area contributed by atoms with Gasteiger partial charge in [-0.1, -0.05) is 0 Å². The number of ether oxygens (including phenoxy) is 1. The fourth-order valence-corrected chi connectivity index (χ4v) is 1.82. The molecule has 1 aliphatic rings. The summed E-state index contributed by atoms with van der Waals surface area (Å²) in [6, 6.07) is 0. The Hall–Kier alpha value is 0.120. The second-order valence-electron chi connectivity index (χ2n) is 3.07. The van der Waals surface area contributed by atoms with Crippen LogP contribution in [0.2, 0.25) is 0 Å². The van der Waals surface area contributed by atoms with Gasteiger partial charge in [0.1, 0.15) is 10.8 Å². The monoisotopic (exact) mass is 229 g/mol. The lowest BCUT2D eigenvalue weighted by atomic mass is 10.1. The summed E-state index contributed by atoms with van der Waals surface area (Å²) in [5.41, 5.74) is -1.07. The van der Waals surface area contributed by atoms with E-state index in [2.05, 4.69) is 4.72 Å². The molecular formula is C6H12ClNO4S. The summed E-state index contributed by atoms with van der Waals surface area (Å²) in [6.07, 6.45) is 0.442. The first-order chi connectivity index (χ1) is 5.97. The summed E-state index contributed by atoms with van der Waals surface area (Å²) in [7, 11) is -3.45. The van der Waals surface area contributed by atoms with Crippen molar-refractivity contribution in [3.63, 3.8) is 0 Å². The normalized spacial score (nSPS) is 29.4. The SMILES string of the molecule is O=S(=O)(CCl)NCC1(O)CCOC1. The highest BCUT2D eigenvalue weighted by molar-refractivity contribution is 7.90. The predicted octanol–water partition coefficient (Wildman–Crippen LogP) is -0.747. The number of halogens is 1. The van der Waals surface area contributed by atoms with Crippen molar-refractivity contribution in [2.45, 2.75) is 12.0 Å². The summed E-state index contributed by atoms with van der Waals surface area (Å²) in [4.78, 5) is 0. The molecule has 0 aromatic carbocycles. The Bertz CT molecular complexity index is 260. The van der Waals surface area contributed by atoms with Crippen molar-refractivity contribution in [1.29, 1.82) is 0 Å². The first-order valence-electron chi connectivity index (χ1n) is 3.81. The van der Waals surface area contributed by atoms with Gasteiger partial charge in [-0.25, -0.2) is 13.1 Å². The first-order valence-corrected chi connectivity index (χ1v) is 6.00. The number of hydrogen-bond donors (Lipinski definition) is 2. The Kier molecular flexibility index (Phi) is 3.53. The van der Waals surface area contributed by atoms with Crippen LogP contribution in [0, 0.1) is 0 Å². The lowest BCUT2D eigenvalue weighted by Gasteiger charge is -2.19. The highest BCUT2D eigenvalue weighted by Crippen LogP contribution is 2.17. The summed E-state index contributed by atoms with van der Waals surface area (Å²) < 4.78 is 28.9. The van der Waals surface area contributed by atoms with E-state index in [9.17, 15) is 13.5 Å². The van der Waals surface area contributed by atoms with Crippen LogP contribution in [0.3, 0.4) is 0 Å². The lowest BCUT2D eigenvalue weighted by Crippen LogP contribution is -2.43. The average Bonchev–Trinajstić information content (AvgIpc) is 2.50. The maximum atomic E-state index is 10.9. The number of alkyl halides is 1. The molecule has 1 fully saturated rings. The maximum absolute atomic E-state index is 10.9. The number of rotatable bonds is 4. The number of nitrogens with one attached hydrogen (secondary N) is 1. The fraction of sp³-hybridized carbons (Fsp3) is 1.00. The van der Waals surface area contributed by atoms with Crippen molar-refractivity contribution in [2.75, 3.05) is 25.0 Å². The quantitative estimate of drug-likeness (QED) is 0.623. The minimum Gasteiger partial charge on any atom is -0.386 e. The Morgan fingerprint density at radius 3 is 2.77 bits per heavy atom. The van der Waals surface area contributed by atoms with E-state index >= 15 is 0 Å². The van der Waals surface area contributed by atoms with Gasteiger partial charge in [-0.2, -0.15) is 0 Å². The van der Waals surface area contributed by atoms with E-state index in [1.807, 2.05) is 0 Å². The van der Waals surface area contributed by atoms with Crippen LogP contribution < -0.4 is 4.72 Å². The molecule has 7 heteroatoms. The third kappa shape index (κ3) is 3.40. The second kappa shape index (κ2) is 4.10. The average molecular weight is 230 g/mol. The maximum Gasteiger partial charge on any atom is 0.225 e. The van der Waals surface area contributed by atoms with Crippen LogP contribution in [0.1, 0.15) is 6.42 Å². The zero-order chi connectivity index (χ0) is 9.95. The largest absolute Gasteiger partial charge is 0.386 e. The van der Waals surface area contributed by atoms with Gasteiger partial charge in [0, 0.05) is 19.6 Å². The minimum atomic E-state index is -3.45. The molecule has 0 radical (unpaired) electrons. The second-order valence-corrected chi connectivity index (χ2v) is 5.46. The van der Waals surface area contributed by atoms with Crippen LogP contribution in [0.5, 0.6) is 0 Å². The molecule has 0 amide bonds. The molecule has 1 aliphatic heterocycles. The van der Waals surface area contributed by atoms with E-state index in [1.165, 1.54) is 0 Å². The molecule has 1 heterocycles. The van der Waals surface area contributed by atoms with Crippen LogP contribution in [0.15, 0.2) is 0 Å². The van der Waals surface area contributed by atoms with Gasteiger partial charge in [0.2, 0.25) is 10.0 Å². The van der Waals surface area contributed by atoms with E-state index < -0.39 is 20.8 Å². The molecule has 0 bridgehead atoms. The van der Waals surface area contributed by atoms with Crippen molar-refractivity contribution in [1.82, 2.24) is 4.72 Å². The van der Waals surface area contributed by atoms with E-state index in [1.54, 1.807) is 0 Å². The zero-order valence-electron chi connectivity index (χ0n) is 6.99. The molecule has 0 aromatic heterocycles. The molecule has 0 aromatic rings. The van der Waals surface area contributed by atoms with Crippen molar-refractivity contribution in [3.8, 4) is 0 Å². The van der Waals surface area contributed by atoms with Crippen molar-refractivity contribution >= 4 is 21.6 Å². The third-order valence-electron chi connectivity index (χ3n) is 1.85. The summed E-state index contributed by atoms with van der Waals surface area (Å²) in [6.45, 7) is 0.582. The van der Waals surface area contributed by atoms with Crippen molar-refractivity contribution in [2.24, 2.45) is 0 Å². The van der Waals surface area contributed by atoms with Gasteiger partial charge in [0.05, 0.1) is 6.61 Å². The highest BCUT2D eigenvalue weighted by Gasteiger charge is 2.33. The van der Waals surface area contributed by atoms with Crippen molar-refractivity contribution < 1.29 is 18.3 Å². The molecule has 1 atom stereocenters. The van der Waals surface area contributed by atoms with E-state index in [-0.39, 0.29) is 13.2 Å². The van der Waals surface area contributed by atoms with Crippen LogP contribution in [0.4, 0.5) is 0 Å². The van der Waals surface area contributed by atoms with Gasteiger partial charge in [0.15, 0.2) is 0 Å². The van der Waals surface area contributed by atoms with Gasteiger partial charge in [-0.3, -0.25) is 0 Å². The molecule has 1 saturated heterocycles. The third-order valence-corrected chi connectivity index (χ3v) is 3.58. The highest BCUT2D eigenvalue weighted by atomic mass is 35.5. The van der Waals surface area contributed by atoms with Gasteiger partial charge < -0.3 is 9.84 Å². The van der Waals surface area contributed by atoms with Gasteiger partial charge in [-0.15, -0.1) is 11.6 Å². The molecule has 5 nitrogen and oxygen atoms in total. The zero-order valence-corrected chi connectivity index (χ0v) is 8.57. The fourth-order valence-electron chi connectivity index (χ4n) is 1.02. The Balaban J connectivity index is 2.42. The van der Waals surface area contributed by atoms with Crippen LogP contribution in [-0.4, -0.2) is 44.1 Å². The van der Waals surface area contributed by atoms with Crippen LogP contribution >= 0.6 is 11.6 Å². The Labute approximate surface area is 82.1 Å². The van der Waals surface area contributed by atoms with Gasteiger partial charge in [-0.05, 0) is 0 Å². The summed E-state index contributed by atoms with van der Waals surface area (Å²) in [5, 5.41) is 9.16. The molecular weight excluding hydrogens is 218 g/mol. The van der Waals surface area contributed by atoms with E-state index in [0.29, 0.717) is 13.0 Å². The van der Waals surface area contributed by atoms with E-state index in [0.717, 1.165) is 0 Å². The summed E-state index contributed by atoms with van der Waals surface area (Å²) in [5.74, 6) is 0. The molecule has 13 heavy (non-hydrogen) atoms. The molecule has 0 spiro atoms. The molecule has 2 N–H and O–H groups in total. The Morgan fingerprint density at radius 2 is 2.31 bits per heavy atom. The molecule has 78 valence electrons. The standard InChI is InChI=1S/C6H12ClNO4S/c7-5-13(10,11)8-3-6(9)1-2-12-4-6/h8-9H,1-5H2. The molecule has 1 rings (SSSR count). The number of hydrogen-bond acceptors (Lipinski definition) is 4. The smallest absolute Gasteiger partial charge is 0.225 e. The van der Waals surface area contributed by atoms with Crippen molar-refractivity contribution in [3.05, 3.63) is 0 Å². The summed E-state index contributed by atoms with van der Waals surface area (Å²) >= 11 is 5.16. The van der Waals surface area contributed by atoms with Gasteiger partial charge >= 0.3 is 0 Å². The molecule has 0 saturated carbocycles. The van der Waals surface area contributed by atoms with Crippen LogP contribution in [0.25, 0.3) is 0 Å². The first kappa shape index (κ1) is 11.2. The predicted molar refractivity (Wildman–Crippen MR) is 48.0 cm³/mol. The number of aliphatic hydroxyl groups is 1. The minimum absolute atomic E-state index is 0.0396. The van der Waals surface area contributed by atoms with Gasteiger partial charge in [0.25, 0.3) is 0 Å². The van der Waals surface area contributed by atoms with Crippen LogP contribution in [-0.2, 0) is 14.8 Å². The van der Waals surface area contributed by atoms with E-state index in [4.69, 9.17) is 16.3 Å².